The third kappa shape index (κ3) is 4.90. The number of hydrogen-bond donors (Lipinski definition) is 1. The number of hydrogen-bond acceptors (Lipinski definition) is 4. The van der Waals surface area contributed by atoms with Crippen molar-refractivity contribution in [3.05, 3.63) is 36.2 Å². The number of ether oxygens (including phenoxy) is 1. The molecule has 2 aromatic rings. The second kappa shape index (κ2) is 7.75. The minimum atomic E-state index is -0.546. The molecule has 1 amide bonds. The first kappa shape index (κ1) is 19.5. The van der Waals surface area contributed by atoms with Crippen molar-refractivity contribution in [1.82, 2.24) is 10.3 Å². The SMILES string of the molecule is C=Cc1ccc2oc([C@@H](NC(=O)OC(C)(C)C)C3CCC(C)CC3)nc2c1. The second-order valence-electron chi connectivity index (χ2n) is 8.63. The zero-order valence-electron chi connectivity index (χ0n) is 16.7. The summed E-state index contributed by atoms with van der Waals surface area (Å²) >= 11 is 0. The van der Waals surface area contributed by atoms with Gasteiger partial charge in [-0.3, -0.25) is 0 Å². The van der Waals surface area contributed by atoms with E-state index in [1.807, 2.05) is 39.0 Å². The van der Waals surface area contributed by atoms with Gasteiger partial charge in [0.1, 0.15) is 17.2 Å². The van der Waals surface area contributed by atoms with E-state index in [0.29, 0.717) is 11.8 Å². The highest BCUT2D eigenvalue weighted by atomic mass is 16.6. The van der Waals surface area contributed by atoms with Crippen LogP contribution in [0.2, 0.25) is 0 Å². The standard InChI is InChI=1S/C22H30N2O3/c1-6-15-9-12-18-17(13-15)23-20(26-18)19(16-10-7-14(2)8-11-16)24-21(25)27-22(3,4)5/h6,9,12-14,16,19H,1,7-8,10-11H2,2-5H3,(H,24,25)/t14?,16?,19-/m0/s1. The van der Waals surface area contributed by atoms with Gasteiger partial charge in [-0.2, -0.15) is 0 Å². The highest BCUT2D eigenvalue weighted by molar-refractivity contribution is 5.76. The van der Waals surface area contributed by atoms with Crippen LogP contribution in [-0.4, -0.2) is 16.7 Å². The van der Waals surface area contributed by atoms with E-state index >= 15 is 0 Å². The molecule has 1 aliphatic carbocycles. The molecule has 1 aliphatic rings. The molecule has 1 atom stereocenters. The first-order chi connectivity index (χ1) is 12.7. The Morgan fingerprint density at radius 3 is 2.67 bits per heavy atom. The molecule has 0 bridgehead atoms. The largest absolute Gasteiger partial charge is 0.444 e. The van der Waals surface area contributed by atoms with Gasteiger partial charge in [-0.15, -0.1) is 0 Å². The van der Waals surface area contributed by atoms with Crippen molar-refractivity contribution in [2.24, 2.45) is 11.8 Å². The zero-order valence-corrected chi connectivity index (χ0v) is 16.7. The van der Waals surface area contributed by atoms with Gasteiger partial charge >= 0.3 is 6.09 Å². The van der Waals surface area contributed by atoms with Crippen molar-refractivity contribution < 1.29 is 13.9 Å². The summed E-state index contributed by atoms with van der Waals surface area (Å²) in [5.74, 6) is 1.57. The number of aromatic nitrogens is 1. The lowest BCUT2D eigenvalue weighted by molar-refractivity contribution is 0.0459. The molecule has 1 N–H and O–H groups in total. The van der Waals surface area contributed by atoms with E-state index in [4.69, 9.17) is 9.15 Å². The number of carbonyl (C=O) groups is 1. The average Bonchev–Trinajstić information content (AvgIpc) is 3.01. The van der Waals surface area contributed by atoms with E-state index < -0.39 is 11.7 Å². The Morgan fingerprint density at radius 2 is 2.04 bits per heavy atom. The Bertz CT molecular complexity index is 811. The molecule has 0 unspecified atom stereocenters. The van der Waals surface area contributed by atoms with E-state index in [0.717, 1.165) is 48.3 Å². The number of rotatable bonds is 4. The molecule has 1 fully saturated rings. The first-order valence-corrected chi connectivity index (χ1v) is 9.77. The highest BCUT2D eigenvalue weighted by Crippen LogP contribution is 2.37. The van der Waals surface area contributed by atoms with Crippen molar-refractivity contribution >= 4 is 23.3 Å². The Kier molecular flexibility index (Phi) is 5.59. The molecular weight excluding hydrogens is 340 g/mol. The molecule has 0 saturated heterocycles. The number of nitrogens with zero attached hydrogens (tertiary/aromatic N) is 1. The van der Waals surface area contributed by atoms with Gasteiger partial charge in [-0.05, 0) is 63.1 Å². The number of fused-ring (bicyclic) bond motifs is 1. The Morgan fingerprint density at radius 1 is 1.33 bits per heavy atom. The van der Waals surface area contributed by atoms with Gasteiger partial charge in [0.2, 0.25) is 5.89 Å². The van der Waals surface area contributed by atoms with E-state index in [2.05, 4.69) is 23.8 Å². The number of alkyl carbamates (subject to hydrolysis) is 1. The maximum atomic E-state index is 12.4. The van der Waals surface area contributed by atoms with Crippen LogP contribution in [-0.2, 0) is 4.74 Å². The van der Waals surface area contributed by atoms with Crippen LogP contribution >= 0.6 is 0 Å². The van der Waals surface area contributed by atoms with Gasteiger partial charge in [-0.25, -0.2) is 9.78 Å². The summed E-state index contributed by atoms with van der Waals surface area (Å²) in [6.07, 6.45) is 5.74. The summed E-state index contributed by atoms with van der Waals surface area (Å²) in [4.78, 5) is 17.1. The van der Waals surface area contributed by atoms with Crippen molar-refractivity contribution in [3.8, 4) is 0 Å². The summed E-state index contributed by atoms with van der Waals surface area (Å²) < 4.78 is 11.5. The second-order valence-corrected chi connectivity index (χ2v) is 8.63. The summed E-state index contributed by atoms with van der Waals surface area (Å²) in [7, 11) is 0. The molecule has 0 radical (unpaired) electrons. The summed E-state index contributed by atoms with van der Waals surface area (Å²) in [5, 5.41) is 3.03. The van der Waals surface area contributed by atoms with Gasteiger partial charge in [-0.1, -0.05) is 38.5 Å². The molecule has 27 heavy (non-hydrogen) atoms. The maximum Gasteiger partial charge on any atom is 0.408 e. The minimum Gasteiger partial charge on any atom is -0.444 e. The normalized spacial score (nSPS) is 21.6. The third-order valence-corrected chi connectivity index (χ3v) is 5.13. The average molecular weight is 370 g/mol. The van der Waals surface area contributed by atoms with Gasteiger partial charge < -0.3 is 14.5 Å². The van der Waals surface area contributed by atoms with Crippen LogP contribution in [0.1, 0.15) is 70.9 Å². The fourth-order valence-corrected chi connectivity index (χ4v) is 3.66. The predicted octanol–water partition coefficient (Wildman–Crippen LogP) is 5.86. The summed E-state index contributed by atoms with van der Waals surface area (Å²) in [5.41, 5.74) is 1.94. The Labute approximate surface area is 161 Å². The fourth-order valence-electron chi connectivity index (χ4n) is 3.66. The lowest BCUT2D eigenvalue weighted by atomic mass is 9.79. The molecule has 1 aromatic heterocycles. The molecule has 5 heteroatoms. The molecule has 1 aromatic carbocycles. The van der Waals surface area contributed by atoms with E-state index in [1.54, 1.807) is 6.08 Å². The number of carbonyl (C=O) groups excluding carboxylic acids is 1. The van der Waals surface area contributed by atoms with Crippen molar-refractivity contribution in [1.29, 1.82) is 0 Å². The Hall–Kier alpha value is -2.30. The fraction of sp³-hybridized carbons (Fsp3) is 0.545. The predicted molar refractivity (Wildman–Crippen MR) is 107 cm³/mol. The lowest BCUT2D eigenvalue weighted by Gasteiger charge is -2.32. The Balaban J connectivity index is 1.88. The molecular formula is C22H30N2O3. The quantitative estimate of drug-likeness (QED) is 0.732. The maximum absolute atomic E-state index is 12.4. The number of nitrogens with one attached hydrogen (secondary N) is 1. The first-order valence-electron chi connectivity index (χ1n) is 9.77. The van der Waals surface area contributed by atoms with E-state index in [1.165, 1.54) is 0 Å². The minimum absolute atomic E-state index is 0.285. The number of oxazole rings is 1. The molecule has 0 spiro atoms. The number of amides is 1. The van der Waals surface area contributed by atoms with Gasteiger partial charge in [0.15, 0.2) is 5.58 Å². The molecule has 5 nitrogen and oxygen atoms in total. The van der Waals surface area contributed by atoms with Crippen molar-refractivity contribution in [2.75, 3.05) is 0 Å². The van der Waals surface area contributed by atoms with E-state index in [9.17, 15) is 4.79 Å². The number of benzene rings is 1. The van der Waals surface area contributed by atoms with Gasteiger partial charge in [0.25, 0.3) is 0 Å². The molecule has 0 aliphatic heterocycles. The third-order valence-electron chi connectivity index (χ3n) is 5.13. The van der Waals surface area contributed by atoms with Crippen LogP contribution in [0.15, 0.2) is 29.2 Å². The summed E-state index contributed by atoms with van der Waals surface area (Å²) in [6, 6.07) is 5.51. The lowest BCUT2D eigenvalue weighted by Crippen LogP contribution is -2.38. The molecule has 3 rings (SSSR count). The smallest absolute Gasteiger partial charge is 0.408 e. The van der Waals surface area contributed by atoms with Gasteiger partial charge in [0.05, 0.1) is 0 Å². The molecule has 1 heterocycles. The molecule has 1 saturated carbocycles. The zero-order chi connectivity index (χ0) is 19.6. The van der Waals surface area contributed by atoms with Crippen molar-refractivity contribution in [3.63, 3.8) is 0 Å². The monoisotopic (exact) mass is 370 g/mol. The highest BCUT2D eigenvalue weighted by Gasteiger charge is 2.33. The van der Waals surface area contributed by atoms with Crippen LogP contribution in [0, 0.1) is 11.8 Å². The van der Waals surface area contributed by atoms with Crippen LogP contribution in [0.5, 0.6) is 0 Å². The summed E-state index contributed by atoms with van der Waals surface area (Å²) in [6.45, 7) is 11.7. The van der Waals surface area contributed by atoms with Crippen LogP contribution in [0.3, 0.4) is 0 Å². The van der Waals surface area contributed by atoms with Crippen molar-refractivity contribution in [2.45, 2.75) is 65.0 Å². The topological polar surface area (TPSA) is 64.4 Å². The van der Waals surface area contributed by atoms with Gasteiger partial charge in [0, 0.05) is 0 Å². The van der Waals surface area contributed by atoms with Crippen LogP contribution in [0.25, 0.3) is 17.2 Å². The van der Waals surface area contributed by atoms with Crippen LogP contribution < -0.4 is 5.32 Å². The van der Waals surface area contributed by atoms with E-state index in [-0.39, 0.29) is 6.04 Å². The van der Waals surface area contributed by atoms with Crippen LogP contribution in [0.4, 0.5) is 4.79 Å². The molecule has 146 valence electrons.